The number of amides is 1. The van der Waals surface area contributed by atoms with E-state index in [0.717, 1.165) is 18.9 Å². The molecule has 0 saturated heterocycles. The van der Waals surface area contributed by atoms with E-state index in [4.69, 9.17) is 5.41 Å². The third-order valence-electron chi connectivity index (χ3n) is 5.48. The van der Waals surface area contributed by atoms with Gasteiger partial charge in [0.1, 0.15) is 0 Å². The average Bonchev–Trinajstić information content (AvgIpc) is 2.58. The molecule has 2 fully saturated rings. The molecule has 2 aliphatic rings. The largest absolute Gasteiger partial charge is 0.356 e. The summed E-state index contributed by atoms with van der Waals surface area (Å²) in [6, 6.07) is 0. The fourth-order valence-electron chi connectivity index (χ4n) is 3.85. The fraction of sp³-hybridized carbons (Fsp3) is 0.889. The Morgan fingerprint density at radius 3 is 2.14 bits per heavy atom. The van der Waals surface area contributed by atoms with Crippen molar-refractivity contribution in [1.82, 2.24) is 10.2 Å². The minimum Gasteiger partial charge on any atom is -0.356 e. The zero-order valence-electron chi connectivity index (χ0n) is 14.2. The van der Waals surface area contributed by atoms with Crippen molar-refractivity contribution in [2.45, 2.75) is 77.0 Å². The van der Waals surface area contributed by atoms with E-state index in [-0.39, 0.29) is 11.9 Å². The molecule has 2 saturated carbocycles. The first-order chi connectivity index (χ1) is 10.7. The van der Waals surface area contributed by atoms with Gasteiger partial charge in [0.2, 0.25) is 5.91 Å². The topological polar surface area (TPSA) is 56.2 Å². The lowest BCUT2D eigenvalue weighted by molar-refractivity contribution is -0.126. The standard InChI is InChI=1S/C18H33N3O/c1-21(17(22)13-12-15-8-4-2-5-9-15)18(19)20-14-16-10-6-3-7-11-16/h15-16H,2-14H2,1H3,(H2,19,20). The van der Waals surface area contributed by atoms with E-state index in [1.807, 2.05) is 0 Å². The molecule has 2 rings (SSSR count). The number of carbonyl (C=O) groups excluding carboxylic acids is 1. The fourth-order valence-corrected chi connectivity index (χ4v) is 3.85. The predicted octanol–water partition coefficient (Wildman–Crippen LogP) is 3.91. The Labute approximate surface area is 135 Å². The Bertz CT molecular complexity index is 323. The smallest absolute Gasteiger partial charge is 0.229 e. The molecular formula is C18H33N3O. The van der Waals surface area contributed by atoms with Gasteiger partial charge in [0.25, 0.3) is 0 Å². The molecule has 0 bridgehead atoms. The second kappa shape index (κ2) is 9.16. The number of hydrogen-bond donors (Lipinski definition) is 2. The maximum Gasteiger partial charge on any atom is 0.229 e. The van der Waals surface area contributed by atoms with E-state index in [2.05, 4.69) is 5.32 Å². The molecule has 1 amide bonds. The summed E-state index contributed by atoms with van der Waals surface area (Å²) in [5, 5.41) is 11.2. The first kappa shape index (κ1) is 17.3. The molecule has 4 nitrogen and oxygen atoms in total. The van der Waals surface area contributed by atoms with Crippen LogP contribution < -0.4 is 5.32 Å². The molecule has 0 atom stereocenters. The molecule has 0 spiro atoms. The first-order valence-electron chi connectivity index (χ1n) is 9.26. The average molecular weight is 307 g/mol. The number of rotatable bonds is 5. The Hall–Kier alpha value is -1.06. The van der Waals surface area contributed by atoms with Crippen molar-refractivity contribution in [2.75, 3.05) is 13.6 Å². The second-order valence-corrected chi connectivity index (χ2v) is 7.23. The van der Waals surface area contributed by atoms with Crippen LogP contribution in [0.4, 0.5) is 0 Å². The molecule has 2 aliphatic carbocycles. The third kappa shape index (κ3) is 5.62. The van der Waals surface area contributed by atoms with Gasteiger partial charge in [-0.2, -0.15) is 0 Å². The molecule has 0 aliphatic heterocycles. The highest BCUT2D eigenvalue weighted by atomic mass is 16.2. The van der Waals surface area contributed by atoms with E-state index in [1.54, 1.807) is 7.05 Å². The summed E-state index contributed by atoms with van der Waals surface area (Å²) in [6.07, 6.45) is 14.7. The van der Waals surface area contributed by atoms with Gasteiger partial charge in [-0.15, -0.1) is 0 Å². The lowest BCUT2D eigenvalue weighted by Gasteiger charge is -2.26. The zero-order valence-corrected chi connectivity index (χ0v) is 14.2. The van der Waals surface area contributed by atoms with Crippen molar-refractivity contribution in [2.24, 2.45) is 11.8 Å². The van der Waals surface area contributed by atoms with Crippen molar-refractivity contribution >= 4 is 11.9 Å². The molecular weight excluding hydrogens is 274 g/mol. The van der Waals surface area contributed by atoms with Crippen molar-refractivity contribution in [3.63, 3.8) is 0 Å². The SMILES string of the molecule is CN(C(=N)NCC1CCCCC1)C(=O)CCC1CCCCC1. The third-order valence-corrected chi connectivity index (χ3v) is 5.48. The van der Waals surface area contributed by atoms with Gasteiger partial charge in [0, 0.05) is 20.0 Å². The van der Waals surface area contributed by atoms with Gasteiger partial charge in [0.15, 0.2) is 5.96 Å². The maximum absolute atomic E-state index is 12.2. The summed E-state index contributed by atoms with van der Waals surface area (Å²) in [5.41, 5.74) is 0. The van der Waals surface area contributed by atoms with Crippen molar-refractivity contribution < 1.29 is 4.79 Å². The summed E-state index contributed by atoms with van der Waals surface area (Å²) in [5.74, 6) is 1.78. The molecule has 0 unspecified atom stereocenters. The molecule has 2 N–H and O–H groups in total. The van der Waals surface area contributed by atoms with Gasteiger partial charge in [-0.25, -0.2) is 0 Å². The molecule has 126 valence electrons. The Morgan fingerprint density at radius 2 is 1.55 bits per heavy atom. The summed E-state index contributed by atoms with van der Waals surface area (Å²) >= 11 is 0. The molecule has 22 heavy (non-hydrogen) atoms. The van der Waals surface area contributed by atoms with E-state index in [0.29, 0.717) is 12.3 Å². The zero-order chi connectivity index (χ0) is 15.8. The van der Waals surface area contributed by atoms with Crippen LogP contribution in [-0.4, -0.2) is 30.4 Å². The van der Waals surface area contributed by atoms with E-state index >= 15 is 0 Å². The van der Waals surface area contributed by atoms with Gasteiger partial charge in [-0.3, -0.25) is 15.1 Å². The highest BCUT2D eigenvalue weighted by molar-refractivity contribution is 5.95. The normalized spacial score (nSPS) is 20.6. The molecule has 4 heteroatoms. The van der Waals surface area contributed by atoms with Crippen LogP contribution in [0.3, 0.4) is 0 Å². The number of hydrogen-bond acceptors (Lipinski definition) is 2. The predicted molar refractivity (Wildman–Crippen MR) is 90.9 cm³/mol. The number of guanidine groups is 1. The molecule has 0 heterocycles. The molecule has 0 aromatic carbocycles. The monoisotopic (exact) mass is 307 g/mol. The van der Waals surface area contributed by atoms with Crippen LogP contribution in [-0.2, 0) is 4.79 Å². The minimum absolute atomic E-state index is 0.0896. The van der Waals surface area contributed by atoms with Crippen LogP contribution in [0.2, 0.25) is 0 Å². The van der Waals surface area contributed by atoms with E-state index in [9.17, 15) is 4.79 Å². The van der Waals surface area contributed by atoms with Gasteiger partial charge in [-0.1, -0.05) is 51.4 Å². The number of carbonyl (C=O) groups is 1. The molecule has 0 aromatic heterocycles. The first-order valence-corrected chi connectivity index (χ1v) is 9.26. The van der Waals surface area contributed by atoms with Crippen LogP contribution in [0, 0.1) is 17.2 Å². The van der Waals surface area contributed by atoms with E-state index in [1.165, 1.54) is 69.1 Å². The number of nitrogens with one attached hydrogen (secondary N) is 2. The minimum atomic E-state index is 0.0896. The van der Waals surface area contributed by atoms with Crippen molar-refractivity contribution in [3.8, 4) is 0 Å². The summed E-state index contributed by atoms with van der Waals surface area (Å²) in [7, 11) is 1.74. The van der Waals surface area contributed by atoms with Crippen LogP contribution in [0.5, 0.6) is 0 Å². The van der Waals surface area contributed by atoms with Gasteiger partial charge < -0.3 is 5.32 Å². The molecule has 0 aromatic rings. The lowest BCUT2D eigenvalue weighted by atomic mass is 9.86. The summed E-state index contributed by atoms with van der Waals surface area (Å²) in [6.45, 7) is 0.846. The van der Waals surface area contributed by atoms with Crippen LogP contribution in [0.15, 0.2) is 0 Å². The molecule has 0 radical (unpaired) electrons. The van der Waals surface area contributed by atoms with Crippen molar-refractivity contribution in [3.05, 3.63) is 0 Å². The van der Waals surface area contributed by atoms with Gasteiger partial charge in [-0.05, 0) is 31.1 Å². The highest BCUT2D eigenvalue weighted by Gasteiger charge is 2.19. The highest BCUT2D eigenvalue weighted by Crippen LogP contribution is 2.27. The summed E-state index contributed by atoms with van der Waals surface area (Å²) < 4.78 is 0. The van der Waals surface area contributed by atoms with Crippen LogP contribution in [0.1, 0.15) is 77.0 Å². The Balaban J connectivity index is 1.64. The maximum atomic E-state index is 12.2. The second-order valence-electron chi connectivity index (χ2n) is 7.23. The lowest BCUT2D eigenvalue weighted by Crippen LogP contribution is -2.43. The Kier molecular flexibility index (Phi) is 7.20. The van der Waals surface area contributed by atoms with Crippen molar-refractivity contribution in [1.29, 1.82) is 5.41 Å². The van der Waals surface area contributed by atoms with Crippen LogP contribution >= 0.6 is 0 Å². The van der Waals surface area contributed by atoms with E-state index < -0.39 is 0 Å². The summed E-state index contributed by atoms with van der Waals surface area (Å²) in [4.78, 5) is 13.7. The van der Waals surface area contributed by atoms with Crippen LogP contribution in [0.25, 0.3) is 0 Å². The van der Waals surface area contributed by atoms with Gasteiger partial charge in [0.05, 0.1) is 0 Å². The quantitative estimate of drug-likeness (QED) is 0.597. The van der Waals surface area contributed by atoms with Gasteiger partial charge >= 0.3 is 0 Å². The number of nitrogens with zero attached hydrogens (tertiary/aromatic N) is 1. The Morgan fingerprint density at radius 1 is 1.00 bits per heavy atom.